The fourth-order valence-electron chi connectivity index (χ4n) is 8.48. The first-order valence-electron chi connectivity index (χ1n) is 19.4. The lowest BCUT2D eigenvalue weighted by Gasteiger charge is -2.13. The summed E-state index contributed by atoms with van der Waals surface area (Å²) >= 11 is 3.68. The van der Waals surface area contributed by atoms with Crippen LogP contribution in [0.2, 0.25) is 0 Å². The van der Waals surface area contributed by atoms with Gasteiger partial charge in [0.05, 0.1) is 22.6 Å². The maximum atomic E-state index is 5.32. The van der Waals surface area contributed by atoms with Crippen molar-refractivity contribution in [2.24, 2.45) is 0 Å². The van der Waals surface area contributed by atoms with Gasteiger partial charge >= 0.3 is 0 Å². The highest BCUT2D eigenvalue weighted by atomic mass is 32.1. The summed E-state index contributed by atoms with van der Waals surface area (Å²) in [5.74, 6) is 0.713. The van der Waals surface area contributed by atoms with Gasteiger partial charge in [0.2, 0.25) is 0 Å². The van der Waals surface area contributed by atoms with Gasteiger partial charge in [-0.2, -0.15) is 0 Å². The Bertz CT molecular complexity index is 3550. The largest absolute Gasteiger partial charge is 0.247 e. The van der Waals surface area contributed by atoms with Crippen LogP contribution in [0, 0.1) is 0 Å². The molecule has 0 bridgehead atoms. The minimum Gasteiger partial charge on any atom is -0.247 e. The first-order valence-corrected chi connectivity index (χ1v) is 21.1. The van der Waals surface area contributed by atoms with E-state index in [1.165, 1.54) is 51.1 Å². The average molecular weight is 774 g/mol. The van der Waals surface area contributed by atoms with E-state index < -0.39 is 0 Å². The SMILES string of the molecule is c1ccc(-c2nc(-c3ccc(-c4ccc5nc(-c6ccccc6)c6ccc7sc8ccccc8c7c6c5c4)cc3)cc(-c3ccc4c(c3)sc3ccccc34)n2)cc1. The molecule has 12 aromatic rings. The third-order valence-corrected chi connectivity index (χ3v) is 13.6. The van der Waals surface area contributed by atoms with Gasteiger partial charge in [-0.1, -0.05) is 146 Å². The Balaban J connectivity index is 0.992. The van der Waals surface area contributed by atoms with Crippen LogP contribution in [0.1, 0.15) is 0 Å². The molecule has 0 spiro atoms. The number of aromatic nitrogens is 3. The van der Waals surface area contributed by atoms with E-state index in [4.69, 9.17) is 15.0 Å². The van der Waals surface area contributed by atoms with Crippen LogP contribution < -0.4 is 0 Å². The third kappa shape index (κ3) is 5.43. The molecule has 270 valence electrons. The summed E-state index contributed by atoms with van der Waals surface area (Å²) in [4.78, 5) is 15.6. The molecule has 0 atom stereocenters. The summed E-state index contributed by atoms with van der Waals surface area (Å²) in [6.45, 7) is 0. The van der Waals surface area contributed by atoms with Crippen molar-refractivity contribution in [2.45, 2.75) is 0 Å². The van der Waals surface area contributed by atoms with Crippen molar-refractivity contribution in [3.8, 4) is 56.3 Å². The van der Waals surface area contributed by atoms with Gasteiger partial charge in [0.1, 0.15) is 0 Å². The summed E-state index contributed by atoms with van der Waals surface area (Å²) in [5.41, 5.74) is 10.3. The van der Waals surface area contributed by atoms with Gasteiger partial charge in [0, 0.05) is 78.8 Å². The van der Waals surface area contributed by atoms with Gasteiger partial charge in [-0.3, -0.25) is 0 Å². The van der Waals surface area contributed by atoms with Gasteiger partial charge in [0.25, 0.3) is 0 Å². The lowest BCUT2D eigenvalue weighted by atomic mass is 9.94. The molecule has 0 saturated carbocycles. The normalized spacial score (nSPS) is 11.8. The van der Waals surface area contributed by atoms with Crippen molar-refractivity contribution in [3.63, 3.8) is 0 Å². The number of thiophene rings is 2. The van der Waals surface area contributed by atoms with Crippen LogP contribution in [0.15, 0.2) is 188 Å². The van der Waals surface area contributed by atoms with Gasteiger partial charge < -0.3 is 0 Å². The molecule has 0 fully saturated rings. The van der Waals surface area contributed by atoms with Crippen molar-refractivity contribution in [3.05, 3.63) is 188 Å². The van der Waals surface area contributed by atoms with Crippen LogP contribution in [-0.4, -0.2) is 15.0 Å². The molecular weight excluding hydrogens is 743 g/mol. The minimum absolute atomic E-state index is 0.713. The maximum absolute atomic E-state index is 5.32. The predicted octanol–water partition coefficient (Wildman–Crippen LogP) is 15.2. The van der Waals surface area contributed by atoms with Gasteiger partial charge in [-0.05, 0) is 53.6 Å². The van der Waals surface area contributed by atoms with Crippen LogP contribution in [0.4, 0.5) is 0 Å². The van der Waals surface area contributed by atoms with Crippen molar-refractivity contribution in [2.75, 3.05) is 0 Å². The van der Waals surface area contributed by atoms with E-state index in [0.717, 1.165) is 61.4 Å². The second kappa shape index (κ2) is 13.3. The molecule has 0 aliphatic carbocycles. The third-order valence-electron chi connectivity index (χ3n) is 11.3. The van der Waals surface area contributed by atoms with E-state index in [1.54, 1.807) is 0 Å². The fraction of sp³-hybridized carbons (Fsp3) is 0. The standard InChI is InChI=1S/C53H31N3S2/c1-3-11-34(12-4-1)52-41-26-28-48-51(40-16-8-10-18-47(40)57-48)50(41)42-29-36(24-27-43(42)54-52)32-19-21-33(22-20-32)44-31-45(56-53(55-44)35-13-5-2-6-14-35)37-23-25-39-38-15-7-9-17-46(38)58-49(39)30-37/h1-31H. The molecular formula is C53H31N3S2. The van der Waals surface area contributed by atoms with E-state index in [0.29, 0.717) is 5.82 Å². The fourth-order valence-corrected chi connectivity index (χ4v) is 10.7. The minimum atomic E-state index is 0.713. The Morgan fingerprint density at radius 3 is 1.67 bits per heavy atom. The highest BCUT2D eigenvalue weighted by Crippen LogP contribution is 2.44. The van der Waals surface area contributed by atoms with E-state index >= 15 is 0 Å². The maximum Gasteiger partial charge on any atom is 0.160 e. The molecule has 0 aliphatic rings. The number of hydrogen-bond acceptors (Lipinski definition) is 5. The molecule has 0 amide bonds. The highest BCUT2D eigenvalue weighted by Gasteiger charge is 2.18. The summed E-state index contributed by atoms with van der Waals surface area (Å²) < 4.78 is 5.14. The Morgan fingerprint density at radius 1 is 0.293 bits per heavy atom. The molecule has 4 aromatic heterocycles. The lowest BCUT2D eigenvalue weighted by molar-refractivity contribution is 1.18. The summed E-state index contributed by atoms with van der Waals surface area (Å²) in [7, 11) is 0. The van der Waals surface area contributed by atoms with E-state index in [1.807, 2.05) is 40.9 Å². The zero-order valence-electron chi connectivity index (χ0n) is 31.1. The van der Waals surface area contributed by atoms with Gasteiger partial charge in [-0.15, -0.1) is 22.7 Å². The molecule has 0 N–H and O–H groups in total. The first-order chi connectivity index (χ1) is 28.7. The lowest BCUT2D eigenvalue weighted by Crippen LogP contribution is -1.96. The average Bonchev–Trinajstić information content (AvgIpc) is 3.87. The molecule has 3 nitrogen and oxygen atoms in total. The number of hydrogen-bond donors (Lipinski definition) is 0. The second-order valence-electron chi connectivity index (χ2n) is 14.7. The van der Waals surface area contributed by atoms with Crippen molar-refractivity contribution >= 4 is 84.7 Å². The monoisotopic (exact) mass is 773 g/mol. The number of nitrogens with zero attached hydrogens (tertiary/aromatic N) is 3. The number of benzene rings is 8. The summed E-state index contributed by atoms with van der Waals surface area (Å²) in [5, 5.41) is 8.75. The van der Waals surface area contributed by atoms with Gasteiger partial charge in [0.15, 0.2) is 5.82 Å². The molecule has 5 heteroatoms. The summed E-state index contributed by atoms with van der Waals surface area (Å²) in [6.07, 6.45) is 0. The van der Waals surface area contributed by atoms with Crippen molar-refractivity contribution in [1.29, 1.82) is 0 Å². The van der Waals surface area contributed by atoms with E-state index in [2.05, 4.69) is 170 Å². The van der Waals surface area contributed by atoms with Crippen LogP contribution in [0.5, 0.6) is 0 Å². The molecule has 0 radical (unpaired) electrons. The van der Waals surface area contributed by atoms with Gasteiger partial charge in [-0.25, -0.2) is 15.0 Å². The quantitative estimate of drug-likeness (QED) is 0.164. The highest BCUT2D eigenvalue weighted by molar-refractivity contribution is 7.26. The van der Waals surface area contributed by atoms with E-state index in [9.17, 15) is 0 Å². The van der Waals surface area contributed by atoms with E-state index in [-0.39, 0.29) is 0 Å². The number of fused-ring (bicyclic) bond motifs is 10. The first kappa shape index (κ1) is 33.1. The molecule has 58 heavy (non-hydrogen) atoms. The number of rotatable bonds is 5. The van der Waals surface area contributed by atoms with Crippen LogP contribution >= 0.6 is 22.7 Å². The van der Waals surface area contributed by atoms with Crippen molar-refractivity contribution in [1.82, 2.24) is 15.0 Å². The smallest absolute Gasteiger partial charge is 0.160 e. The molecule has 12 rings (SSSR count). The summed E-state index contributed by atoms with van der Waals surface area (Å²) in [6, 6.07) is 67.1. The van der Waals surface area contributed by atoms with Crippen LogP contribution in [-0.2, 0) is 0 Å². The van der Waals surface area contributed by atoms with Crippen LogP contribution in [0.25, 0.3) is 118 Å². The Hall–Kier alpha value is -7.05. The molecule has 0 unspecified atom stereocenters. The molecule has 0 aliphatic heterocycles. The van der Waals surface area contributed by atoms with Crippen molar-refractivity contribution < 1.29 is 0 Å². The Morgan fingerprint density at radius 2 is 0.879 bits per heavy atom. The second-order valence-corrected chi connectivity index (χ2v) is 16.9. The molecule has 0 saturated heterocycles. The molecule has 4 heterocycles. The Kier molecular flexibility index (Phi) is 7.58. The zero-order valence-corrected chi connectivity index (χ0v) is 32.7. The topological polar surface area (TPSA) is 38.7 Å². The predicted molar refractivity (Wildman–Crippen MR) is 248 cm³/mol. The number of pyridine rings is 1. The zero-order chi connectivity index (χ0) is 38.2. The van der Waals surface area contributed by atoms with Crippen LogP contribution in [0.3, 0.4) is 0 Å². The molecule has 8 aromatic carbocycles. The Labute approximate surface area is 342 Å².